The highest BCUT2D eigenvalue weighted by Gasteiger charge is 2.23. The summed E-state index contributed by atoms with van der Waals surface area (Å²) >= 11 is 0. The molecule has 1 aromatic rings. The lowest BCUT2D eigenvalue weighted by atomic mass is 10.2. The van der Waals surface area contributed by atoms with Gasteiger partial charge in [-0.2, -0.15) is 0 Å². The van der Waals surface area contributed by atoms with E-state index in [1.54, 1.807) is 0 Å². The zero-order chi connectivity index (χ0) is 10.1. The first-order valence-electron chi connectivity index (χ1n) is 6.19. The summed E-state index contributed by atoms with van der Waals surface area (Å²) in [5, 5.41) is 3.47. The lowest BCUT2D eigenvalue weighted by Gasteiger charge is -2.08. The van der Waals surface area contributed by atoms with Crippen LogP contribution in [-0.2, 0) is 6.54 Å². The summed E-state index contributed by atoms with van der Waals surface area (Å²) in [4.78, 5) is 4.36. The van der Waals surface area contributed by atoms with E-state index in [4.69, 9.17) is 0 Å². The zero-order valence-corrected chi connectivity index (χ0v) is 9.15. The van der Waals surface area contributed by atoms with Crippen LogP contribution in [0.5, 0.6) is 0 Å². The number of nitrogens with zero attached hydrogens (tertiary/aromatic N) is 2. The molecule has 3 nitrogen and oxygen atoms in total. The molecule has 0 atom stereocenters. The van der Waals surface area contributed by atoms with Crippen LogP contribution in [0.15, 0.2) is 12.4 Å². The normalized spacial score (nSPS) is 20.5. The number of aromatic nitrogens is 2. The molecule has 0 unspecified atom stereocenters. The standard InChI is InChI=1S/C12H19N3/c1(2-10-3-4-10)8-15-9-7-13-12(15)14-11-5-6-11/h7,9-11H,1-6,8H2,(H,13,14). The monoisotopic (exact) mass is 205 g/mol. The van der Waals surface area contributed by atoms with Crippen molar-refractivity contribution in [2.75, 3.05) is 5.32 Å². The molecule has 0 bridgehead atoms. The van der Waals surface area contributed by atoms with Crippen LogP contribution in [0.1, 0.15) is 38.5 Å². The minimum Gasteiger partial charge on any atom is -0.353 e. The molecule has 2 aliphatic rings. The van der Waals surface area contributed by atoms with Crippen LogP contribution < -0.4 is 5.32 Å². The lowest BCUT2D eigenvalue weighted by Crippen LogP contribution is -2.09. The van der Waals surface area contributed by atoms with Crippen molar-refractivity contribution in [1.82, 2.24) is 9.55 Å². The summed E-state index contributed by atoms with van der Waals surface area (Å²) in [6, 6.07) is 0.703. The van der Waals surface area contributed by atoms with Gasteiger partial charge < -0.3 is 9.88 Å². The Balaban J connectivity index is 1.50. The predicted molar refractivity (Wildman–Crippen MR) is 60.8 cm³/mol. The molecule has 1 N–H and O–H groups in total. The van der Waals surface area contributed by atoms with Crippen LogP contribution in [0.3, 0.4) is 0 Å². The third-order valence-corrected chi connectivity index (χ3v) is 3.33. The molecule has 2 saturated carbocycles. The van der Waals surface area contributed by atoms with Crippen LogP contribution in [0.2, 0.25) is 0 Å². The van der Waals surface area contributed by atoms with Gasteiger partial charge in [0.05, 0.1) is 0 Å². The van der Waals surface area contributed by atoms with Crippen molar-refractivity contribution in [1.29, 1.82) is 0 Å². The molecule has 1 aromatic heterocycles. The summed E-state index contributed by atoms with van der Waals surface area (Å²) in [6.07, 6.45) is 12.3. The van der Waals surface area contributed by atoms with E-state index < -0.39 is 0 Å². The summed E-state index contributed by atoms with van der Waals surface area (Å²) in [6.45, 7) is 1.13. The molecule has 15 heavy (non-hydrogen) atoms. The van der Waals surface area contributed by atoms with Crippen LogP contribution in [0.25, 0.3) is 0 Å². The van der Waals surface area contributed by atoms with Gasteiger partial charge in [-0.15, -0.1) is 0 Å². The van der Waals surface area contributed by atoms with Crippen LogP contribution in [0, 0.1) is 5.92 Å². The van der Waals surface area contributed by atoms with E-state index in [1.165, 1.54) is 38.5 Å². The smallest absolute Gasteiger partial charge is 0.202 e. The molecule has 0 aromatic carbocycles. The first-order chi connectivity index (χ1) is 7.42. The quantitative estimate of drug-likeness (QED) is 0.773. The Morgan fingerprint density at radius 2 is 2.20 bits per heavy atom. The van der Waals surface area contributed by atoms with Crippen molar-refractivity contribution >= 4 is 5.95 Å². The number of hydrogen-bond donors (Lipinski definition) is 1. The molecular weight excluding hydrogens is 186 g/mol. The van der Waals surface area contributed by atoms with Gasteiger partial charge in [-0.25, -0.2) is 4.98 Å². The third kappa shape index (κ3) is 2.52. The maximum Gasteiger partial charge on any atom is 0.202 e. The maximum atomic E-state index is 4.36. The number of anilines is 1. The maximum absolute atomic E-state index is 4.36. The highest BCUT2D eigenvalue weighted by molar-refractivity contribution is 5.29. The topological polar surface area (TPSA) is 29.9 Å². The van der Waals surface area contributed by atoms with Gasteiger partial charge in [-0.3, -0.25) is 0 Å². The minimum atomic E-state index is 0.703. The fourth-order valence-corrected chi connectivity index (χ4v) is 2.00. The van der Waals surface area contributed by atoms with E-state index in [0.29, 0.717) is 6.04 Å². The van der Waals surface area contributed by atoms with Crippen molar-refractivity contribution < 1.29 is 0 Å². The van der Waals surface area contributed by atoms with Crippen molar-refractivity contribution in [3.05, 3.63) is 12.4 Å². The van der Waals surface area contributed by atoms with Gasteiger partial charge in [0.1, 0.15) is 0 Å². The molecule has 0 amide bonds. The highest BCUT2D eigenvalue weighted by atomic mass is 15.2. The Hall–Kier alpha value is -0.990. The molecule has 2 aliphatic carbocycles. The molecule has 2 fully saturated rings. The van der Waals surface area contributed by atoms with Gasteiger partial charge in [0.25, 0.3) is 0 Å². The van der Waals surface area contributed by atoms with Gasteiger partial charge in [-0.1, -0.05) is 12.8 Å². The van der Waals surface area contributed by atoms with Gasteiger partial charge in [0, 0.05) is 25.0 Å². The second-order valence-electron chi connectivity index (χ2n) is 4.95. The summed E-state index contributed by atoms with van der Waals surface area (Å²) < 4.78 is 2.26. The van der Waals surface area contributed by atoms with Crippen molar-refractivity contribution in [3.63, 3.8) is 0 Å². The number of rotatable bonds is 6. The van der Waals surface area contributed by atoms with Crippen molar-refractivity contribution in [2.45, 2.75) is 51.1 Å². The molecule has 0 saturated heterocycles. The Bertz CT molecular complexity index is 323. The predicted octanol–water partition coefficient (Wildman–Crippen LogP) is 2.65. The molecule has 3 rings (SSSR count). The first kappa shape index (κ1) is 9.25. The van der Waals surface area contributed by atoms with Crippen LogP contribution >= 0.6 is 0 Å². The molecule has 0 aliphatic heterocycles. The van der Waals surface area contributed by atoms with Crippen LogP contribution in [0.4, 0.5) is 5.95 Å². The minimum absolute atomic E-state index is 0.703. The van der Waals surface area contributed by atoms with Crippen LogP contribution in [-0.4, -0.2) is 15.6 Å². The molecule has 0 radical (unpaired) electrons. The third-order valence-electron chi connectivity index (χ3n) is 3.33. The first-order valence-corrected chi connectivity index (χ1v) is 6.19. The fourth-order valence-electron chi connectivity index (χ4n) is 2.00. The van der Waals surface area contributed by atoms with E-state index in [-0.39, 0.29) is 0 Å². The lowest BCUT2D eigenvalue weighted by molar-refractivity contribution is 0.579. The van der Waals surface area contributed by atoms with Gasteiger partial charge in [0.2, 0.25) is 5.95 Å². The number of imidazole rings is 1. The molecule has 3 heteroatoms. The largest absolute Gasteiger partial charge is 0.353 e. The Morgan fingerprint density at radius 3 is 2.93 bits per heavy atom. The number of nitrogens with one attached hydrogen (secondary N) is 1. The fraction of sp³-hybridized carbons (Fsp3) is 0.750. The Kier molecular flexibility index (Phi) is 2.39. The van der Waals surface area contributed by atoms with E-state index in [0.717, 1.165) is 18.4 Å². The van der Waals surface area contributed by atoms with E-state index in [2.05, 4.69) is 21.1 Å². The summed E-state index contributed by atoms with van der Waals surface area (Å²) in [5.41, 5.74) is 0. The molecular formula is C12H19N3. The van der Waals surface area contributed by atoms with E-state index in [9.17, 15) is 0 Å². The molecule has 82 valence electrons. The Morgan fingerprint density at radius 1 is 1.33 bits per heavy atom. The molecule has 0 spiro atoms. The number of hydrogen-bond acceptors (Lipinski definition) is 2. The van der Waals surface area contributed by atoms with Gasteiger partial charge >= 0.3 is 0 Å². The average molecular weight is 205 g/mol. The van der Waals surface area contributed by atoms with Crippen molar-refractivity contribution in [3.8, 4) is 0 Å². The molecule has 1 heterocycles. The number of aryl methyl sites for hydroxylation is 1. The van der Waals surface area contributed by atoms with E-state index in [1.807, 2.05) is 6.20 Å². The van der Waals surface area contributed by atoms with Crippen molar-refractivity contribution in [2.24, 2.45) is 5.92 Å². The highest BCUT2D eigenvalue weighted by Crippen LogP contribution is 2.33. The summed E-state index contributed by atoms with van der Waals surface area (Å²) in [5.74, 6) is 2.13. The SMILES string of the molecule is c1cn(CCCC2CC2)c(NC2CC2)n1. The summed E-state index contributed by atoms with van der Waals surface area (Å²) in [7, 11) is 0. The Labute approximate surface area is 90.9 Å². The van der Waals surface area contributed by atoms with Gasteiger partial charge in [-0.05, 0) is 31.6 Å². The van der Waals surface area contributed by atoms with E-state index >= 15 is 0 Å². The second-order valence-corrected chi connectivity index (χ2v) is 4.95. The van der Waals surface area contributed by atoms with Gasteiger partial charge in [0.15, 0.2) is 0 Å². The second kappa shape index (κ2) is 3.87. The average Bonchev–Trinajstić information content (AvgIpc) is 3.10. The zero-order valence-electron chi connectivity index (χ0n) is 9.15.